The van der Waals surface area contributed by atoms with E-state index in [4.69, 9.17) is 0 Å². The molecule has 0 saturated carbocycles. The summed E-state index contributed by atoms with van der Waals surface area (Å²) in [6.45, 7) is 5.86. The number of hydrogen-bond acceptors (Lipinski definition) is 2. The highest BCUT2D eigenvalue weighted by molar-refractivity contribution is 6.10. The Labute approximate surface area is 101 Å². The molecule has 1 aromatic carbocycles. The van der Waals surface area contributed by atoms with Crippen molar-refractivity contribution < 1.29 is 4.79 Å². The molecule has 0 fully saturated rings. The molecule has 1 aromatic heterocycles. The van der Waals surface area contributed by atoms with Crippen LogP contribution in [0.4, 0.5) is 0 Å². The predicted octanol–water partition coefficient (Wildman–Crippen LogP) is 2.58. The number of hydrogen-bond donors (Lipinski definition) is 0. The standard InChI is InChI=1S/C14H16N2O/c1-9-5-6-10(2)12(7-9)14(17)13-8-15-16(4)11(13)3/h5-8H,1-4H3. The second kappa shape index (κ2) is 4.17. The van der Waals surface area contributed by atoms with Crippen molar-refractivity contribution in [2.75, 3.05) is 0 Å². The summed E-state index contributed by atoms with van der Waals surface area (Å²) in [7, 11) is 1.84. The SMILES string of the molecule is Cc1ccc(C)c(C(=O)c2cnn(C)c2C)c1. The highest BCUT2D eigenvalue weighted by Gasteiger charge is 2.16. The molecule has 17 heavy (non-hydrogen) atoms. The highest BCUT2D eigenvalue weighted by atomic mass is 16.1. The first-order valence-corrected chi connectivity index (χ1v) is 5.61. The molecule has 2 rings (SSSR count). The minimum absolute atomic E-state index is 0.0526. The zero-order chi connectivity index (χ0) is 12.6. The molecule has 0 unspecified atom stereocenters. The molecule has 0 atom stereocenters. The van der Waals surface area contributed by atoms with Crippen LogP contribution in [0.15, 0.2) is 24.4 Å². The first-order valence-electron chi connectivity index (χ1n) is 5.61. The van der Waals surface area contributed by atoms with E-state index in [9.17, 15) is 4.79 Å². The van der Waals surface area contributed by atoms with Crippen molar-refractivity contribution in [1.29, 1.82) is 0 Å². The molecular weight excluding hydrogens is 212 g/mol. The van der Waals surface area contributed by atoms with Gasteiger partial charge in [0.2, 0.25) is 0 Å². The lowest BCUT2D eigenvalue weighted by Crippen LogP contribution is -2.05. The van der Waals surface area contributed by atoms with Gasteiger partial charge in [0.05, 0.1) is 11.8 Å². The van der Waals surface area contributed by atoms with Gasteiger partial charge in [-0.3, -0.25) is 9.48 Å². The Morgan fingerprint density at radius 3 is 2.47 bits per heavy atom. The van der Waals surface area contributed by atoms with Crippen LogP contribution in [-0.4, -0.2) is 15.6 Å². The Morgan fingerprint density at radius 2 is 1.88 bits per heavy atom. The normalized spacial score (nSPS) is 10.6. The van der Waals surface area contributed by atoms with E-state index in [0.717, 1.165) is 22.4 Å². The van der Waals surface area contributed by atoms with Crippen molar-refractivity contribution in [2.45, 2.75) is 20.8 Å². The van der Waals surface area contributed by atoms with Crippen LogP contribution in [0.25, 0.3) is 0 Å². The average Bonchev–Trinajstić information content (AvgIpc) is 2.62. The third-order valence-electron chi connectivity index (χ3n) is 3.12. The van der Waals surface area contributed by atoms with Crippen LogP contribution in [0.5, 0.6) is 0 Å². The minimum atomic E-state index is 0.0526. The van der Waals surface area contributed by atoms with Crippen LogP contribution in [0.2, 0.25) is 0 Å². The lowest BCUT2D eigenvalue weighted by atomic mass is 9.98. The molecule has 0 amide bonds. The Kier molecular flexibility index (Phi) is 2.84. The monoisotopic (exact) mass is 228 g/mol. The van der Waals surface area contributed by atoms with E-state index in [1.165, 1.54) is 0 Å². The summed E-state index contributed by atoms with van der Waals surface area (Å²) in [5.74, 6) is 0.0526. The van der Waals surface area contributed by atoms with Crippen LogP contribution >= 0.6 is 0 Å². The molecule has 3 nitrogen and oxygen atoms in total. The molecule has 0 radical (unpaired) electrons. The highest BCUT2D eigenvalue weighted by Crippen LogP contribution is 2.17. The van der Waals surface area contributed by atoms with Crippen LogP contribution in [0.1, 0.15) is 32.7 Å². The first kappa shape index (κ1) is 11.6. The van der Waals surface area contributed by atoms with Gasteiger partial charge in [-0.1, -0.05) is 17.7 Å². The van der Waals surface area contributed by atoms with Gasteiger partial charge in [0.15, 0.2) is 5.78 Å². The molecule has 0 aliphatic heterocycles. The van der Waals surface area contributed by atoms with E-state index in [1.807, 2.05) is 46.0 Å². The molecule has 0 aliphatic carbocycles. The number of nitrogens with zero attached hydrogens (tertiary/aromatic N) is 2. The summed E-state index contributed by atoms with van der Waals surface area (Å²) >= 11 is 0. The molecule has 3 heteroatoms. The van der Waals surface area contributed by atoms with Gasteiger partial charge in [-0.2, -0.15) is 5.10 Å². The van der Waals surface area contributed by atoms with Crippen molar-refractivity contribution >= 4 is 5.78 Å². The zero-order valence-electron chi connectivity index (χ0n) is 10.6. The second-order valence-electron chi connectivity index (χ2n) is 4.41. The molecule has 88 valence electrons. The smallest absolute Gasteiger partial charge is 0.196 e. The van der Waals surface area contributed by atoms with Gasteiger partial charge in [0.25, 0.3) is 0 Å². The van der Waals surface area contributed by atoms with Crippen LogP contribution in [0.3, 0.4) is 0 Å². The van der Waals surface area contributed by atoms with Gasteiger partial charge in [-0.05, 0) is 32.4 Å². The Hall–Kier alpha value is -1.90. The maximum absolute atomic E-state index is 12.4. The molecule has 0 aliphatic rings. The van der Waals surface area contributed by atoms with Crippen molar-refractivity contribution in [1.82, 2.24) is 9.78 Å². The fraction of sp³-hybridized carbons (Fsp3) is 0.286. The number of carbonyl (C=O) groups is 1. The van der Waals surface area contributed by atoms with E-state index in [0.29, 0.717) is 5.56 Å². The zero-order valence-corrected chi connectivity index (χ0v) is 10.6. The number of benzene rings is 1. The minimum Gasteiger partial charge on any atom is -0.288 e. The molecule has 0 bridgehead atoms. The average molecular weight is 228 g/mol. The maximum atomic E-state index is 12.4. The summed E-state index contributed by atoms with van der Waals surface area (Å²) in [5, 5.41) is 4.11. The van der Waals surface area contributed by atoms with Crippen LogP contribution in [-0.2, 0) is 7.05 Å². The van der Waals surface area contributed by atoms with Gasteiger partial charge < -0.3 is 0 Å². The fourth-order valence-corrected chi connectivity index (χ4v) is 1.85. The number of aromatic nitrogens is 2. The van der Waals surface area contributed by atoms with Crippen molar-refractivity contribution in [3.8, 4) is 0 Å². The third-order valence-corrected chi connectivity index (χ3v) is 3.12. The quantitative estimate of drug-likeness (QED) is 0.740. The van der Waals surface area contributed by atoms with Gasteiger partial charge in [-0.25, -0.2) is 0 Å². The summed E-state index contributed by atoms with van der Waals surface area (Å²) in [5.41, 5.74) is 4.45. The fourth-order valence-electron chi connectivity index (χ4n) is 1.85. The Bertz CT molecular complexity index is 582. The van der Waals surface area contributed by atoms with Gasteiger partial charge in [0, 0.05) is 18.3 Å². The van der Waals surface area contributed by atoms with Crippen molar-refractivity contribution in [2.24, 2.45) is 7.05 Å². The van der Waals surface area contributed by atoms with Gasteiger partial charge in [0.1, 0.15) is 0 Å². The molecule has 0 N–H and O–H groups in total. The van der Waals surface area contributed by atoms with Gasteiger partial charge >= 0.3 is 0 Å². The van der Waals surface area contributed by atoms with E-state index >= 15 is 0 Å². The summed E-state index contributed by atoms with van der Waals surface area (Å²) in [6, 6.07) is 5.93. The molecule has 0 spiro atoms. The van der Waals surface area contributed by atoms with E-state index < -0.39 is 0 Å². The lowest BCUT2D eigenvalue weighted by Gasteiger charge is -2.05. The summed E-state index contributed by atoms with van der Waals surface area (Å²) < 4.78 is 1.72. The topological polar surface area (TPSA) is 34.9 Å². The number of carbonyl (C=O) groups excluding carboxylic acids is 1. The summed E-state index contributed by atoms with van der Waals surface area (Å²) in [4.78, 5) is 12.4. The maximum Gasteiger partial charge on any atom is 0.196 e. The predicted molar refractivity (Wildman–Crippen MR) is 67.3 cm³/mol. The number of aryl methyl sites for hydroxylation is 3. The second-order valence-corrected chi connectivity index (χ2v) is 4.41. The van der Waals surface area contributed by atoms with Crippen molar-refractivity contribution in [3.05, 3.63) is 52.3 Å². The van der Waals surface area contributed by atoms with E-state index in [-0.39, 0.29) is 5.78 Å². The molecule has 0 saturated heterocycles. The Balaban J connectivity index is 2.51. The van der Waals surface area contributed by atoms with Crippen LogP contribution in [0, 0.1) is 20.8 Å². The van der Waals surface area contributed by atoms with E-state index in [1.54, 1.807) is 10.9 Å². The molecule has 2 aromatic rings. The lowest BCUT2D eigenvalue weighted by molar-refractivity contribution is 0.103. The third kappa shape index (κ3) is 2.00. The van der Waals surface area contributed by atoms with Gasteiger partial charge in [-0.15, -0.1) is 0 Å². The van der Waals surface area contributed by atoms with E-state index in [2.05, 4.69) is 5.10 Å². The first-order chi connectivity index (χ1) is 8.00. The molecular formula is C14H16N2O. The summed E-state index contributed by atoms with van der Waals surface area (Å²) in [6.07, 6.45) is 1.64. The largest absolute Gasteiger partial charge is 0.288 e. The number of rotatable bonds is 2. The van der Waals surface area contributed by atoms with Crippen molar-refractivity contribution in [3.63, 3.8) is 0 Å². The van der Waals surface area contributed by atoms with Crippen LogP contribution < -0.4 is 0 Å². The Morgan fingerprint density at radius 1 is 1.18 bits per heavy atom. The molecule has 1 heterocycles. The number of ketones is 1.